The van der Waals surface area contributed by atoms with E-state index in [1.54, 1.807) is 75.4 Å². The van der Waals surface area contributed by atoms with Crippen LogP contribution in [0.4, 0.5) is 0 Å². The Balaban J connectivity index is 1.67. The summed E-state index contributed by atoms with van der Waals surface area (Å²) in [6.45, 7) is 9.17. The van der Waals surface area contributed by atoms with Gasteiger partial charge in [0.05, 0.1) is 17.9 Å². The summed E-state index contributed by atoms with van der Waals surface area (Å²) in [5, 5.41) is 12.3. The van der Waals surface area contributed by atoms with Crippen LogP contribution in [0.3, 0.4) is 0 Å². The van der Waals surface area contributed by atoms with Gasteiger partial charge in [0.25, 0.3) is 0 Å². The number of hydrogen-bond acceptors (Lipinski definition) is 6. The summed E-state index contributed by atoms with van der Waals surface area (Å²) in [5.41, 5.74) is -4.88. The number of Topliss-reactive ketones (excluding diaryl/α,β-unsaturated/α-hetero) is 3. The first-order chi connectivity index (χ1) is 17.5. The van der Waals surface area contributed by atoms with E-state index in [9.17, 15) is 24.3 Å². The average Bonchev–Trinajstić information content (AvgIpc) is 2.88. The minimum Gasteiger partial charge on any atom is -0.465 e. The molecule has 1 N–H and O–H groups in total. The van der Waals surface area contributed by atoms with E-state index < -0.39 is 51.2 Å². The van der Waals surface area contributed by atoms with Crippen molar-refractivity contribution in [1.82, 2.24) is 0 Å². The van der Waals surface area contributed by atoms with Gasteiger partial charge in [-0.1, -0.05) is 81.1 Å². The second-order valence-electron chi connectivity index (χ2n) is 11.3. The molecule has 0 heterocycles. The lowest BCUT2D eigenvalue weighted by molar-refractivity contribution is -0.256. The zero-order chi connectivity index (χ0) is 26.8. The maximum absolute atomic E-state index is 14.4. The molecule has 6 rings (SSSR count). The molecule has 4 aliphatic carbocycles. The molecule has 4 saturated carbocycles. The fourth-order valence-electron chi connectivity index (χ4n) is 7.65. The molecule has 0 aliphatic heterocycles. The highest BCUT2D eigenvalue weighted by Crippen LogP contribution is 2.74. The molecule has 37 heavy (non-hydrogen) atoms. The molecule has 6 heteroatoms. The third-order valence-corrected chi connectivity index (χ3v) is 9.32. The van der Waals surface area contributed by atoms with Crippen LogP contribution in [0.2, 0.25) is 0 Å². The first kappa shape index (κ1) is 25.3. The minimum atomic E-state index is -1.63. The molecule has 4 aliphatic rings. The highest BCUT2D eigenvalue weighted by Gasteiger charge is 2.83. The zero-order valence-corrected chi connectivity index (χ0v) is 21.5. The molecule has 2 aromatic rings. The molecule has 0 saturated heterocycles. The standard InChI is InChI=1S/C31H32O6/c1-5-37-27(35)30-18-22-17-29(26(30)34,16-19(2)23(32)20-12-8-6-9-13-20)25(33)24(28(30,3)4)31(22,36)21-14-10-7-11-15-21/h6-15,22,24,36H,2,5,16-18H2,1,3-4H3/t22-,24+,29-,30-,31?/m0/s1. The molecular formula is C31H32O6. The summed E-state index contributed by atoms with van der Waals surface area (Å²) in [6, 6.07) is 17.6. The normalized spacial score (nSPS) is 33.3. The summed E-state index contributed by atoms with van der Waals surface area (Å²) in [6.07, 6.45) is -0.0634. The monoisotopic (exact) mass is 500 g/mol. The first-order valence-corrected chi connectivity index (χ1v) is 12.8. The molecule has 192 valence electrons. The van der Waals surface area contributed by atoms with Crippen LogP contribution < -0.4 is 0 Å². The number of ether oxygens (including phenoxy) is 1. The maximum Gasteiger partial charge on any atom is 0.320 e. The van der Waals surface area contributed by atoms with Gasteiger partial charge in [-0.25, -0.2) is 0 Å². The van der Waals surface area contributed by atoms with Crippen LogP contribution in [-0.4, -0.2) is 35.0 Å². The van der Waals surface area contributed by atoms with Crippen molar-refractivity contribution in [2.75, 3.05) is 6.61 Å². The lowest BCUT2D eigenvalue weighted by atomic mass is 9.30. The Morgan fingerprint density at radius 3 is 2.19 bits per heavy atom. The Hall–Kier alpha value is -3.38. The zero-order valence-electron chi connectivity index (χ0n) is 21.5. The van der Waals surface area contributed by atoms with Gasteiger partial charge in [-0.3, -0.25) is 19.2 Å². The summed E-state index contributed by atoms with van der Waals surface area (Å²) in [5.74, 6) is -3.54. The van der Waals surface area contributed by atoms with Gasteiger partial charge in [0.1, 0.15) is 11.0 Å². The van der Waals surface area contributed by atoms with Crippen molar-refractivity contribution < 1.29 is 29.0 Å². The molecule has 0 spiro atoms. The van der Waals surface area contributed by atoms with Gasteiger partial charge < -0.3 is 9.84 Å². The Bertz CT molecular complexity index is 1310. The largest absolute Gasteiger partial charge is 0.465 e. The number of carbonyl (C=O) groups excluding carboxylic acids is 4. The predicted octanol–water partition coefficient (Wildman–Crippen LogP) is 4.46. The highest BCUT2D eigenvalue weighted by atomic mass is 16.5. The number of allylic oxidation sites excluding steroid dienone is 1. The van der Waals surface area contributed by atoms with Gasteiger partial charge in [0.2, 0.25) is 0 Å². The Morgan fingerprint density at radius 2 is 1.59 bits per heavy atom. The molecular weight excluding hydrogens is 468 g/mol. The minimum absolute atomic E-state index is 0.0465. The first-order valence-electron chi connectivity index (χ1n) is 12.8. The molecule has 0 radical (unpaired) electrons. The predicted molar refractivity (Wildman–Crippen MR) is 136 cm³/mol. The number of esters is 1. The van der Waals surface area contributed by atoms with Crippen LogP contribution >= 0.6 is 0 Å². The summed E-state index contributed by atoms with van der Waals surface area (Å²) in [7, 11) is 0. The lowest BCUT2D eigenvalue weighted by Gasteiger charge is -2.70. The smallest absolute Gasteiger partial charge is 0.320 e. The van der Waals surface area contributed by atoms with E-state index in [1.165, 1.54) is 0 Å². The van der Waals surface area contributed by atoms with Gasteiger partial charge in [-0.15, -0.1) is 0 Å². The van der Waals surface area contributed by atoms with Crippen molar-refractivity contribution >= 4 is 23.3 Å². The Morgan fingerprint density at radius 1 is 1.00 bits per heavy atom. The number of ketones is 3. The quantitative estimate of drug-likeness (QED) is 0.261. The third-order valence-electron chi connectivity index (χ3n) is 9.32. The van der Waals surface area contributed by atoms with Crippen LogP contribution in [0.25, 0.3) is 0 Å². The number of carbonyl (C=O) groups is 4. The van der Waals surface area contributed by atoms with Crippen molar-refractivity contribution in [2.24, 2.45) is 28.1 Å². The van der Waals surface area contributed by atoms with Crippen LogP contribution in [-0.2, 0) is 24.7 Å². The number of benzene rings is 2. The third kappa shape index (κ3) is 3.08. The molecule has 0 aromatic heterocycles. The molecule has 4 bridgehead atoms. The molecule has 0 amide bonds. The van der Waals surface area contributed by atoms with E-state index in [-0.39, 0.29) is 37.2 Å². The molecule has 6 nitrogen and oxygen atoms in total. The van der Waals surface area contributed by atoms with Gasteiger partial charge in [-0.2, -0.15) is 0 Å². The second-order valence-corrected chi connectivity index (χ2v) is 11.3. The summed E-state index contributed by atoms with van der Waals surface area (Å²) >= 11 is 0. The van der Waals surface area contributed by atoms with Gasteiger partial charge in [-0.05, 0) is 43.2 Å². The van der Waals surface area contributed by atoms with Crippen molar-refractivity contribution in [3.63, 3.8) is 0 Å². The van der Waals surface area contributed by atoms with Crippen LogP contribution in [0.15, 0.2) is 72.8 Å². The van der Waals surface area contributed by atoms with Crippen LogP contribution in [0.5, 0.6) is 0 Å². The number of hydrogen-bond donors (Lipinski definition) is 1. The fourth-order valence-corrected chi connectivity index (χ4v) is 7.65. The van der Waals surface area contributed by atoms with E-state index in [0.29, 0.717) is 11.1 Å². The Labute approximate surface area is 216 Å². The summed E-state index contributed by atoms with van der Waals surface area (Å²) in [4.78, 5) is 55.7. The molecule has 2 aromatic carbocycles. The molecule has 5 atom stereocenters. The van der Waals surface area contributed by atoms with Gasteiger partial charge in [0.15, 0.2) is 17.3 Å². The van der Waals surface area contributed by atoms with Crippen molar-refractivity contribution in [3.8, 4) is 0 Å². The van der Waals surface area contributed by atoms with E-state index in [1.807, 2.05) is 6.07 Å². The highest BCUT2D eigenvalue weighted by molar-refractivity contribution is 6.23. The second kappa shape index (κ2) is 8.32. The van der Waals surface area contributed by atoms with E-state index >= 15 is 0 Å². The van der Waals surface area contributed by atoms with Crippen molar-refractivity contribution in [1.29, 1.82) is 0 Å². The number of rotatable bonds is 7. The lowest BCUT2D eigenvalue weighted by Crippen LogP contribution is -2.80. The topological polar surface area (TPSA) is 97.7 Å². The SMILES string of the molecule is C=C(C[C@@]12C[C@H]3C[C@@](C(=O)OCC)(C1=O)C(C)(C)[C@@H](C2=O)C3(O)c1ccccc1)C(=O)c1ccccc1. The molecule has 1 unspecified atom stereocenters. The molecule has 4 fully saturated rings. The van der Waals surface area contributed by atoms with Crippen LogP contribution in [0, 0.1) is 28.1 Å². The maximum atomic E-state index is 14.4. The van der Waals surface area contributed by atoms with E-state index in [0.717, 1.165) is 0 Å². The van der Waals surface area contributed by atoms with Gasteiger partial charge in [0, 0.05) is 11.0 Å². The van der Waals surface area contributed by atoms with E-state index in [4.69, 9.17) is 4.74 Å². The fraction of sp³-hybridized carbons (Fsp3) is 0.419. The van der Waals surface area contributed by atoms with Gasteiger partial charge >= 0.3 is 5.97 Å². The number of aliphatic hydroxyl groups is 1. The van der Waals surface area contributed by atoms with Crippen LogP contribution in [0.1, 0.15) is 56.0 Å². The van der Waals surface area contributed by atoms with Crippen molar-refractivity contribution in [2.45, 2.75) is 45.6 Å². The van der Waals surface area contributed by atoms with Crippen molar-refractivity contribution in [3.05, 3.63) is 83.9 Å². The Kier molecular flexibility index (Phi) is 5.68. The van der Waals surface area contributed by atoms with E-state index in [2.05, 4.69) is 6.58 Å². The summed E-state index contributed by atoms with van der Waals surface area (Å²) < 4.78 is 5.47. The average molecular weight is 501 g/mol.